The molecule has 2 heterocycles. The summed E-state index contributed by atoms with van der Waals surface area (Å²) in [5, 5.41) is 13.5. The van der Waals surface area contributed by atoms with E-state index in [2.05, 4.69) is 98.5 Å². The summed E-state index contributed by atoms with van der Waals surface area (Å²) in [6, 6.07) is 24.4. The Morgan fingerprint density at radius 2 is 1.79 bits per heavy atom. The lowest BCUT2D eigenvalue weighted by atomic mass is 9.83. The van der Waals surface area contributed by atoms with E-state index in [4.69, 9.17) is 5.11 Å². The Balaban J connectivity index is 1.59. The van der Waals surface area contributed by atoms with Crippen LogP contribution in [0, 0.1) is 0 Å². The predicted octanol–water partition coefficient (Wildman–Crippen LogP) is 7.33. The van der Waals surface area contributed by atoms with Gasteiger partial charge in [-0.3, -0.25) is 4.68 Å². The van der Waals surface area contributed by atoms with Gasteiger partial charge in [-0.25, -0.2) is 4.79 Å². The third-order valence-corrected chi connectivity index (χ3v) is 7.52. The Morgan fingerprint density at radius 3 is 2.42 bits per heavy atom. The lowest BCUT2D eigenvalue weighted by Crippen LogP contribution is -2.42. The van der Waals surface area contributed by atoms with E-state index in [1.165, 1.54) is 39.6 Å². The van der Waals surface area contributed by atoms with Crippen LogP contribution >= 0.6 is 0 Å². The third kappa shape index (κ3) is 5.14. The number of fused-ring (bicyclic) bond motifs is 1. The number of hydrogen-bond donors (Lipinski definition) is 1. The second-order valence-corrected chi connectivity index (χ2v) is 10.4. The van der Waals surface area contributed by atoms with Gasteiger partial charge >= 0.3 is 5.97 Å². The quantitative estimate of drug-likeness (QED) is 0.267. The molecule has 1 aliphatic heterocycles. The molecule has 0 amide bonds. The Morgan fingerprint density at radius 1 is 1.05 bits per heavy atom. The van der Waals surface area contributed by atoms with Crippen molar-refractivity contribution in [2.45, 2.75) is 58.7 Å². The van der Waals surface area contributed by atoms with E-state index in [-0.39, 0.29) is 12.1 Å². The summed E-state index contributed by atoms with van der Waals surface area (Å²) in [4.78, 5) is 13.5. The molecular formula is C33H35N3O2. The minimum atomic E-state index is -0.944. The van der Waals surface area contributed by atoms with Gasteiger partial charge in [0.1, 0.15) is 0 Å². The SMILES string of the molecule is CCn1cc(-c2ccc3c(c2)C[C@H](C)N(c2ccc(C(C)C)cc2)[C@H]3c2ccc(/C=C/C(=O)O)cc2)cn1. The summed E-state index contributed by atoms with van der Waals surface area (Å²) in [7, 11) is 0. The van der Waals surface area contributed by atoms with Crippen LogP contribution in [0.5, 0.6) is 0 Å². The summed E-state index contributed by atoms with van der Waals surface area (Å²) in [6.07, 6.45) is 7.82. The molecule has 1 N–H and O–H groups in total. The topological polar surface area (TPSA) is 58.4 Å². The van der Waals surface area contributed by atoms with Crippen LogP contribution in [-0.4, -0.2) is 26.9 Å². The number of benzene rings is 3. The summed E-state index contributed by atoms with van der Waals surface area (Å²) >= 11 is 0. The number of carboxylic acid groups (broad SMARTS) is 1. The second kappa shape index (κ2) is 10.7. The van der Waals surface area contributed by atoms with E-state index in [9.17, 15) is 4.79 Å². The Hall–Kier alpha value is -4.12. The van der Waals surface area contributed by atoms with E-state index in [1.54, 1.807) is 6.08 Å². The number of aromatic nitrogens is 2. The van der Waals surface area contributed by atoms with Crippen LogP contribution in [0.4, 0.5) is 5.69 Å². The molecule has 0 fully saturated rings. The Labute approximate surface area is 225 Å². The highest BCUT2D eigenvalue weighted by molar-refractivity contribution is 5.85. The van der Waals surface area contributed by atoms with Gasteiger partial charge in [-0.1, -0.05) is 68.4 Å². The van der Waals surface area contributed by atoms with Crippen molar-refractivity contribution in [3.05, 3.63) is 113 Å². The van der Waals surface area contributed by atoms with E-state index >= 15 is 0 Å². The van der Waals surface area contributed by atoms with Gasteiger partial charge in [-0.2, -0.15) is 5.10 Å². The zero-order valence-electron chi connectivity index (χ0n) is 22.5. The fraction of sp³-hybridized carbons (Fsp3) is 0.273. The lowest BCUT2D eigenvalue weighted by Gasteiger charge is -2.44. The molecule has 1 aliphatic rings. The largest absolute Gasteiger partial charge is 0.478 e. The fourth-order valence-electron chi connectivity index (χ4n) is 5.47. The summed E-state index contributed by atoms with van der Waals surface area (Å²) in [5.74, 6) is -0.457. The van der Waals surface area contributed by atoms with Gasteiger partial charge in [0.15, 0.2) is 0 Å². The first-order valence-electron chi connectivity index (χ1n) is 13.4. The Kier molecular flexibility index (Phi) is 7.19. The van der Waals surface area contributed by atoms with Crippen LogP contribution in [0.15, 0.2) is 85.2 Å². The molecule has 1 aromatic heterocycles. The van der Waals surface area contributed by atoms with Crippen molar-refractivity contribution in [1.82, 2.24) is 9.78 Å². The standard InChI is InChI=1S/C33H35N3O2/c1-5-35-21-29(20-34-35)27-13-16-31-28(19-27)18-23(4)36(30-14-11-25(12-15-30)22(2)3)33(31)26-9-6-24(7-10-26)8-17-32(37)38/h6-17,19-23,33H,5,18H2,1-4H3,(H,37,38)/b17-8+/t23-,33-/m0/s1. The highest BCUT2D eigenvalue weighted by Gasteiger charge is 2.33. The predicted molar refractivity (Wildman–Crippen MR) is 154 cm³/mol. The maximum absolute atomic E-state index is 11.0. The molecule has 2 atom stereocenters. The second-order valence-electron chi connectivity index (χ2n) is 10.4. The van der Waals surface area contributed by atoms with Gasteiger partial charge in [0.2, 0.25) is 0 Å². The third-order valence-electron chi connectivity index (χ3n) is 7.52. The summed E-state index contributed by atoms with van der Waals surface area (Å²) < 4.78 is 1.96. The highest BCUT2D eigenvalue weighted by Crippen LogP contribution is 2.42. The highest BCUT2D eigenvalue weighted by atomic mass is 16.4. The molecule has 3 aromatic carbocycles. The van der Waals surface area contributed by atoms with Gasteiger partial charge in [0, 0.05) is 36.1 Å². The first-order valence-corrected chi connectivity index (χ1v) is 13.4. The molecule has 0 saturated carbocycles. The van der Waals surface area contributed by atoms with Crippen molar-refractivity contribution in [2.75, 3.05) is 4.90 Å². The zero-order valence-corrected chi connectivity index (χ0v) is 22.5. The first-order chi connectivity index (χ1) is 18.3. The summed E-state index contributed by atoms with van der Waals surface area (Å²) in [6.45, 7) is 9.70. The maximum atomic E-state index is 11.0. The van der Waals surface area contributed by atoms with Gasteiger partial charge in [-0.05, 0) is 77.8 Å². The number of aliphatic carboxylic acids is 1. The molecule has 5 nitrogen and oxygen atoms in total. The number of nitrogens with zero attached hydrogens (tertiary/aromatic N) is 3. The molecule has 194 valence electrons. The molecular weight excluding hydrogens is 470 g/mol. The molecule has 38 heavy (non-hydrogen) atoms. The number of carboxylic acids is 1. The fourth-order valence-corrected chi connectivity index (χ4v) is 5.47. The molecule has 0 spiro atoms. The molecule has 0 unspecified atom stereocenters. The molecule has 4 aromatic rings. The number of rotatable bonds is 7. The van der Waals surface area contributed by atoms with E-state index in [0.717, 1.165) is 24.1 Å². The van der Waals surface area contributed by atoms with Gasteiger partial charge in [0.25, 0.3) is 0 Å². The van der Waals surface area contributed by atoms with Crippen LogP contribution < -0.4 is 4.90 Å². The van der Waals surface area contributed by atoms with Crippen LogP contribution in [0.1, 0.15) is 67.5 Å². The lowest BCUT2D eigenvalue weighted by molar-refractivity contribution is -0.131. The zero-order chi connectivity index (χ0) is 26.8. The van der Waals surface area contributed by atoms with E-state index in [1.807, 2.05) is 23.0 Å². The van der Waals surface area contributed by atoms with Gasteiger partial charge in [-0.15, -0.1) is 0 Å². The molecule has 0 saturated heterocycles. The number of anilines is 1. The Bertz CT molecular complexity index is 1450. The van der Waals surface area contributed by atoms with Crippen molar-refractivity contribution in [2.24, 2.45) is 0 Å². The van der Waals surface area contributed by atoms with Gasteiger partial charge < -0.3 is 10.0 Å². The van der Waals surface area contributed by atoms with Gasteiger partial charge in [0.05, 0.1) is 12.2 Å². The number of aryl methyl sites for hydroxylation is 1. The summed E-state index contributed by atoms with van der Waals surface area (Å²) in [5.41, 5.74) is 9.59. The minimum absolute atomic E-state index is 0.0450. The number of hydrogen-bond acceptors (Lipinski definition) is 3. The first kappa shape index (κ1) is 25.5. The molecule has 5 heteroatoms. The van der Waals surface area contributed by atoms with Crippen LogP contribution in [-0.2, 0) is 17.8 Å². The minimum Gasteiger partial charge on any atom is -0.478 e. The van der Waals surface area contributed by atoms with E-state index in [0.29, 0.717) is 5.92 Å². The smallest absolute Gasteiger partial charge is 0.328 e. The van der Waals surface area contributed by atoms with Crippen LogP contribution in [0.2, 0.25) is 0 Å². The van der Waals surface area contributed by atoms with Crippen molar-refractivity contribution < 1.29 is 9.90 Å². The average Bonchev–Trinajstić information content (AvgIpc) is 3.41. The van der Waals surface area contributed by atoms with Crippen molar-refractivity contribution in [3.63, 3.8) is 0 Å². The van der Waals surface area contributed by atoms with E-state index < -0.39 is 5.97 Å². The van der Waals surface area contributed by atoms with Crippen LogP contribution in [0.25, 0.3) is 17.2 Å². The average molecular weight is 506 g/mol. The van der Waals surface area contributed by atoms with Crippen LogP contribution in [0.3, 0.4) is 0 Å². The molecule has 0 aliphatic carbocycles. The molecule has 5 rings (SSSR count). The number of carbonyl (C=O) groups is 1. The van der Waals surface area contributed by atoms with Crippen molar-refractivity contribution in [3.8, 4) is 11.1 Å². The van der Waals surface area contributed by atoms with Crippen molar-refractivity contribution in [1.29, 1.82) is 0 Å². The maximum Gasteiger partial charge on any atom is 0.328 e. The molecule has 0 radical (unpaired) electrons. The monoisotopic (exact) mass is 505 g/mol. The molecule has 0 bridgehead atoms. The normalized spacial score (nSPS) is 17.2. The van der Waals surface area contributed by atoms with Crippen molar-refractivity contribution >= 4 is 17.7 Å².